The highest BCUT2D eigenvalue weighted by Gasteiger charge is 2.37. The molecule has 0 saturated heterocycles. The van der Waals surface area contributed by atoms with Crippen LogP contribution < -0.4 is 0 Å². The second-order valence-corrected chi connectivity index (χ2v) is 7.78. The third-order valence-corrected chi connectivity index (χ3v) is 5.68. The van der Waals surface area contributed by atoms with Crippen LogP contribution in [0, 0.1) is 6.92 Å². The summed E-state index contributed by atoms with van der Waals surface area (Å²) in [7, 11) is 0. The molecule has 1 heterocycles. The topological polar surface area (TPSA) is 78.5 Å². The molecule has 5 nitrogen and oxygen atoms in total. The number of rotatable bonds is 4. The van der Waals surface area contributed by atoms with Crippen molar-refractivity contribution in [3.05, 3.63) is 71.4 Å². The fraction of sp³-hybridized carbons (Fsp3) is 0.348. The third-order valence-electron chi connectivity index (χ3n) is 5.68. The second-order valence-electron chi connectivity index (χ2n) is 7.78. The van der Waals surface area contributed by atoms with Crippen LogP contribution in [0.2, 0.25) is 0 Å². The molecule has 0 aliphatic heterocycles. The van der Waals surface area contributed by atoms with Crippen LogP contribution in [0.1, 0.15) is 42.5 Å². The molecule has 0 spiro atoms. The number of aliphatic hydroxyl groups is 3. The summed E-state index contributed by atoms with van der Waals surface area (Å²) in [5, 5.41) is 35.1. The van der Waals surface area contributed by atoms with E-state index in [1.54, 1.807) is 0 Å². The van der Waals surface area contributed by atoms with Crippen LogP contribution in [0.5, 0.6) is 0 Å². The summed E-state index contributed by atoms with van der Waals surface area (Å²) in [6, 6.07) is 17.8. The van der Waals surface area contributed by atoms with Crippen LogP contribution in [0.3, 0.4) is 0 Å². The zero-order chi connectivity index (χ0) is 19.7. The number of aliphatic hydroxyl groups excluding tert-OH is 2. The Kier molecular flexibility index (Phi) is 5.06. The highest BCUT2D eigenvalue weighted by atomic mass is 16.3. The van der Waals surface area contributed by atoms with E-state index in [0.717, 1.165) is 22.5 Å². The van der Waals surface area contributed by atoms with Gasteiger partial charge in [0.05, 0.1) is 29.8 Å². The zero-order valence-corrected chi connectivity index (χ0v) is 16.0. The van der Waals surface area contributed by atoms with Crippen LogP contribution in [0.25, 0.3) is 16.9 Å². The van der Waals surface area contributed by atoms with Gasteiger partial charge < -0.3 is 15.3 Å². The summed E-state index contributed by atoms with van der Waals surface area (Å²) < 4.78 is 1.85. The lowest BCUT2D eigenvalue weighted by Crippen LogP contribution is -2.33. The van der Waals surface area contributed by atoms with E-state index in [2.05, 4.69) is 31.2 Å². The minimum atomic E-state index is -1.02. The summed E-state index contributed by atoms with van der Waals surface area (Å²) >= 11 is 0. The molecular weight excluding hydrogens is 352 g/mol. The number of hydrogen-bond donors (Lipinski definition) is 3. The van der Waals surface area contributed by atoms with E-state index < -0.39 is 5.60 Å². The first-order chi connectivity index (χ1) is 13.5. The highest BCUT2D eigenvalue weighted by molar-refractivity contribution is 5.63. The van der Waals surface area contributed by atoms with E-state index in [1.807, 2.05) is 35.0 Å². The summed E-state index contributed by atoms with van der Waals surface area (Å²) in [6.45, 7) is 2.05. The maximum atomic E-state index is 11.2. The first-order valence-electron chi connectivity index (χ1n) is 9.77. The van der Waals surface area contributed by atoms with Gasteiger partial charge in [-0.25, -0.2) is 4.68 Å². The van der Waals surface area contributed by atoms with Gasteiger partial charge in [0.1, 0.15) is 5.60 Å². The molecule has 2 aromatic carbocycles. The highest BCUT2D eigenvalue weighted by Crippen LogP contribution is 2.38. The molecule has 0 bridgehead atoms. The van der Waals surface area contributed by atoms with Gasteiger partial charge in [0.25, 0.3) is 0 Å². The van der Waals surface area contributed by atoms with Gasteiger partial charge in [0, 0.05) is 5.56 Å². The zero-order valence-electron chi connectivity index (χ0n) is 16.0. The predicted molar refractivity (Wildman–Crippen MR) is 108 cm³/mol. The van der Waals surface area contributed by atoms with E-state index in [9.17, 15) is 15.3 Å². The summed E-state index contributed by atoms with van der Waals surface area (Å²) in [6.07, 6.45) is 1.82. The molecule has 0 atom stereocenters. The lowest BCUT2D eigenvalue weighted by molar-refractivity contribution is -0.0393. The normalized spacial score (nSPS) is 22.4. The summed E-state index contributed by atoms with van der Waals surface area (Å²) in [5.41, 5.74) is 4.45. The minimum Gasteiger partial charge on any atom is -0.393 e. The number of aryl methyl sites for hydroxylation is 1. The first kappa shape index (κ1) is 18.9. The largest absolute Gasteiger partial charge is 0.393 e. The number of benzene rings is 2. The van der Waals surface area contributed by atoms with Crippen molar-refractivity contribution in [3.63, 3.8) is 0 Å². The van der Waals surface area contributed by atoms with Crippen LogP contribution in [-0.2, 0) is 12.2 Å². The van der Waals surface area contributed by atoms with Crippen LogP contribution >= 0.6 is 0 Å². The molecule has 1 fully saturated rings. The SMILES string of the molecule is Cc1ccc(-c2cc(C3(O)CCC(O)CC3)nn2-c2ccc(CO)cc2)cc1. The van der Waals surface area contributed by atoms with Crippen LogP contribution in [0.15, 0.2) is 54.6 Å². The van der Waals surface area contributed by atoms with E-state index in [4.69, 9.17) is 5.10 Å². The van der Waals surface area contributed by atoms with Crippen molar-refractivity contribution >= 4 is 0 Å². The van der Waals surface area contributed by atoms with Gasteiger partial charge in [-0.2, -0.15) is 5.10 Å². The lowest BCUT2D eigenvalue weighted by atomic mass is 9.81. The van der Waals surface area contributed by atoms with Crippen molar-refractivity contribution in [1.29, 1.82) is 0 Å². The molecule has 4 rings (SSSR count). The minimum absolute atomic E-state index is 0.00245. The molecule has 1 saturated carbocycles. The van der Waals surface area contributed by atoms with E-state index >= 15 is 0 Å². The molecule has 5 heteroatoms. The Hall–Kier alpha value is -2.47. The summed E-state index contributed by atoms with van der Waals surface area (Å²) in [5.74, 6) is 0. The van der Waals surface area contributed by atoms with Crippen molar-refractivity contribution in [2.75, 3.05) is 0 Å². The van der Waals surface area contributed by atoms with Crippen molar-refractivity contribution in [3.8, 4) is 16.9 Å². The number of nitrogens with zero attached hydrogens (tertiary/aromatic N) is 2. The van der Waals surface area contributed by atoms with E-state index in [0.29, 0.717) is 31.4 Å². The molecule has 0 unspecified atom stereocenters. The van der Waals surface area contributed by atoms with Gasteiger partial charge in [-0.1, -0.05) is 42.0 Å². The van der Waals surface area contributed by atoms with Crippen molar-refractivity contribution in [1.82, 2.24) is 9.78 Å². The summed E-state index contributed by atoms with van der Waals surface area (Å²) in [4.78, 5) is 0. The van der Waals surface area contributed by atoms with Crippen LogP contribution in [-0.4, -0.2) is 31.2 Å². The first-order valence-corrected chi connectivity index (χ1v) is 9.77. The average Bonchev–Trinajstić information content (AvgIpc) is 3.17. The van der Waals surface area contributed by atoms with Gasteiger partial charge in [0.2, 0.25) is 0 Å². The van der Waals surface area contributed by atoms with E-state index in [1.165, 1.54) is 5.56 Å². The smallest absolute Gasteiger partial charge is 0.109 e. The Bertz CT molecular complexity index is 937. The van der Waals surface area contributed by atoms with Gasteiger partial charge >= 0.3 is 0 Å². The van der Waals surface area contributed by atoms with Crippen molar-refractivity contribution in [2.24, 2.45) is 0 Å². The van der Waals surface area contributed by atoms with Crippen LogP contribution in [0.4, 0.5) is 0 Å². The molecule has 28 heavy (non-hydrogen) atoms. The monoisotopic (exact) mass is 378 g/mol. The average molecular weight is 378 g/mol. The lowest BCUT2D eigenvalue weighted by Gasteiger charge is -2.32. The van der Waals surface area contributed by atoms with E-state index in [-0.39, 0.29) is 12.7 Å². The quantitative estimate of drug-likeness (QED) is 0.650. The Morgan fingerprint density at radius 3 is 2.29 bits per heavy atom. The second kappa shape index (κ2) is 7.51. The Balaban J connectivity index is 1.80. The predicted octanol–water partition coefficient (Wildman–Crippen LogP) is 3.46. The molecule has 146 valence electrons. The molecule has 1 aliphatic rings. The molecular formula is C23H26N2O3. The maximum absolute atomic E-state index is 11.2. The molecule has 3 N–H and O–H groups in total. The Morgan fingerprint density at radius 2 is 1.68 bits per heavy atom. The number of hydrogen-bond acceptors (Lipinski definition) is 4. The number of aromatic nitrogens is 2. The fourth-order valence-corrected chi connectivity index (χ4v) is 3.81. The maximum Gasteiger partial charge on any atom is 0.109 e. The molecule has 1 aliphatic carbocycles. The molecule has 0 radical (unpaired) electrons. The van der Waals surface area contributed by atoms with Gasteiger partial charge in [-0.05, 0) is 56.4 Å². The standard InChI is InChI=1S/C23H26N2O3/c1-16-2-6-18(7-3-16)21-14-22(23(28)12-10-20(27)11-13-23)24-25(21)19-8-4-17(15-26)5-9-19/h2-9,14,20,26-28H,10-13,15H2,1H3. The molecule has 0 amide bonds. The Morgan fingerprint density at radius 1 is 1.04 bits per heavy atom. The molecule has 3 aromatic rings. The fourth-order valence-electron chi connectivity index (χ4n) is 3.81. The van der Waals surface area contributed by atoms with Gasteiger partial charge in [-0.15, -0.1) is 0 Å². The Labute approximate surface area is 164 Å². The van der Waals surface area contributed by atoms with Gasteiger partial charge in [-0.3, -0.25) is 0 Å². The molecule has 1 aromatic heterocycles. The third kappa shape index (κ3) is 3.61. The van der Waals surface area contributed by atoms with Crippen molar-refractivity contribution < 1.29 is 15.3 Å². The van der Waals surface area contributed by atoms with Crippen molar-refractivity contribution in [2.45, 2.75) is 50.9 Å². The van der Waals surface area contributed by atoms with Gasteiger partial charge in [0.15, 0.2) is 0 Å².